The van der Waals surface area contributed by atoms with Crippen molar-refractivity contribution in [2.75, 3.05) is 0 Å². The second kappa shape index (κ2) is 3.49. The molecule has 2 saturated carbocycles. The summed E-state index contributed by atoms with van der Waals surface area (Å²) in [6, 6.07) is 2.45. The highest BCUT2D eigenvalue weighted by atomic mass is 16.3. The highest BCUT2D eigenvalue weighted by Gasteiger charge is 2.57. The molecule has 2 aliphatic rings. The second-order valence-electron chi connectivity index (χ2n) is 5.92. The normalized spacial score (nSPS) is 50.5. The topological polar surface area (TPSA) is 44.0 Å². The Kier molecular flexibility index (Phi) is 2.55. The van der Waals surface area contributed by atoms with Crippen LogP contribution in [0.25, 0.3) is 0 Å². The van der Waals surface area contributed by atoms with Crippen LogP contribution in [-0.4, -0.2) is 10.7 Å². The minimum absolute atomic E-state index is 0.425. The van der Waals surface area contributed by atoms with Gasteiger partial charge in [0.1, 0.15) is 0 Å². The van der Waals surface area contributed by atoms with Crippen molar-refractivity contribution >= 4 is 0 Å². The van der Waals surface area contributed by atoms with Gasteiger partial charge in [-0.3, -0.25) is 0 Å². The zero-order valence-electron chi connectivity index (χ0n) is 9.79. The van der Waals surface area contributed by atoms with Crippen LogP contribution >= 0.6 is 0 Å². The Morgan fingerprint density at radius 1 is 1.13 bits per heavy atom. The molecule has 0 unspecified atom stereocenters. The molecule has 2 nitrogen and oxygen atoms in total. The van der Waals surface area contributed by atoms with Crippen LogP contribution in [0.3, 0.4) is 0 Å². The third-order valence-corrected chi connectivity index (χ3v) is 4.60. The Hall–Kier alpha value is -0.550. The Morgan fingerprint density at radius 2 is 1.67 bits per heavy atom. The molecule has 0 aromatic heterocycles. The molecule has 0 spiro atoms. The lowest BCUT2D eigenvalue weighted by Gasteiger charge is -2.54. The summed E-state index contributed by atoms with van der Waals surface area (Å²) in [6.07, 6.45) is 5.65. The summed E-state index contributed by atoms with van der Waals surface area (Å²) in [5.41, 5.74) is -1.09. The molecule has 0 bridgehead atoms. The number of hydrogen-bond donors (Lipinski definition) is 1. The summed E-state index contributed by atoms with van der Waals surface area (Å²) in [4.78, 5) is 0. The van der Waals surface area contributed by atoms with Crippen LogP contribution in [0.2, 0.25) is 0 Å². The molecule has 0 amide bonds. The van der Waals surface area contributed by atoms with Crippen molar-refractivity contribution in [2.45, 2.75) is 58.0 Å². The molecule has 0 heterocycles. The summed E-state index contributed by atoms with van der Waals surface area (Å²) in [5, 5.41) is 19.9. The highest BCUT2D eigenvalue weighted by molar-refractivity contribution is 5.17. The van der Waals surface area contributed by atoms with E-state index in [0.717, 1.165) is 44.4 Å². The molecule has 0 atom stereocenters. The molecule has 2 fully saturated rings. The first-order valence-corrected chi connectivity index (χ1v) is 6.15. The average Bonchev–Trinajstić information content (AvgIpc) is 2.17. The molecule has 15 heavy (non-hydrogen) atoms. The summed E-state index contributed by atoms with van der Waals surface area (Å²) in [5.74, 6) is 1.33. The van der Waals surface area contributed by atoms with Gasteiger partial charge in [0.15, 0.2) is 0 Å². The zero-order valence-corrected chi connectivity index (χ0v) is 9.79. The van der Waals surface area contributed by atoms with Gasteiger partial charge in [0.25, 0.3) is 0 Å². The van der Waals surface area contributed by atoms with E-state index < -0.39 is 11.0 Å². The Bertz CT molecular complexity index is 277. The minimum Gasteiger partial charge on any atom is -0.388 e. The van der Waals surface area contributed by atoms with Crippen molar-refractivity contribution in [1.82, 2.24) is 0 Å². The van der Waals surface area contributed by atoms with E-state index in [4.69, 9.17) is 0 Å². The smallest absolute Gasteiger partial charge is 0.0860 e. The summed E-state index contributed by atoms with van der Waals surface area (Å²) in [6.45, 7) is 4.40. The van der Waals surface area contributed by atoms with Gasteiger partial charge in [-0.1, -0.05) is 13.8 Å². The van der Waals surface area contributed by atoms with E-state index in [1.54, 1.807) is 0 Å². The molecule has 0 aliphatic heterocycles. The monoisotopic (exact) mass is 207 g/mol. The van der Waals surface area contributed by atoms with Gasteiger partial charge < -0.3 is 5.11 Å². The van der Waals surface area contributed by atoms with Gasteiger partial charge >= 0.3 is 0 Å². The number of nitriles is 1. The Labute approximate surface area is 92.3 Å². The number of nitrogens with zero attached hydrogens (tertiary/aromatic N) is 1. The van der Waals surface area contributed by atoms with E-state index in [2.05, 4.69) is 19.9 Å². The molecular weight excluding hydrogens is 186 g/mol. The molecule has 2 aliphatic carbocycles. The standard InChI is InChI=1S/C13H21NO/c1-10-3-5-12(9-14,6-4-10)13(15)7-11(2)8-13/h10-11,15H,3-8H2,1-2H3. The highest BCUT2D eigenvalue weighted by Crippen LogP contribution is 2.55. The van der Waals surface area contributed by atoms with E-state index in [-0.39, 0.29) is 0 Å². The molecule has 2 rings (SSSR count). The van der Waals surface area contributed by atoms with Crippen molar-refractivity contribution in [3.05, 3.63) is 0 Å². The van der Waals surface area contributed by atoms with Gasteiger partial charge in [-0.15, -0.1) is 0 Å². The largest absolute Gasteiger partial charge is 0.388 e. The first-order valence-electron chi connectivity index (χ1n) is 6.15. The maximum Gasteiger partial charge on any atom is 0.0860 e. The lowest BCUT2D eigenvalue weighted by atomic mass is 9.53. The van der Waals surface area contributed by atoms with Crippen LogP contribution < -0.4 is 0 Å². The van der Waals surface area contributed by atoms with Gasteiger partial charge in [-0.2, -0.15) is 5.26 Å². The SMILES string of the molecule is CC1CCC(C#N)(C2(O)CC(C)C2)CC1. The lowest BCUT2D eigenvalue weighted by Crippen LogP contribution is -2.57. The fourth-order valence-electron chi connectivity index (χ4n) is 3.42. The lowest BCUT2D eigenvalue weighted by molar-refractivity contribution is -0.155. The van der Waals surface area contributed by atoms with E-state index in [9.17, 15) is 10.4 Å². The van der Waals surface area contributed by atoms with Gasteiger partial charge in [0, 0.05) is 0 Å². The Balaban J connectivity index is 2.13. The molecule has 0 radical (unpaired) electrons. The maximum absolute atomic E-state index is 10.5. The predicted molar refractivity (Wildman–Crippen MR) is 59.0 cm³/mol. The van der Waals surface area contributed by atoms with Gasteiger partial charge in [0.2, 0.25) is 0 Å². The molecule has 84 valence electrons. The van der Waals surface area contributed by atoms with Crippen molar-refractivity contribution in [3.8, 4) is 6.07 Å². The van der Waals surface area contributed by atoms with Crippen molar-refractivity contribution < 1.29 is 5.11 Å². The van der Waals surface area contributed by atoms with E-state index >= 15 is 0 Å². The van der Waals surface area contributed by atoms with E-state index in [1.165, 1.54) is 0 Å². The van der Waals surface area contributed by atoms with Crippen LogP contribution in [-0.2, 0) is 0 Å². The zero-order chi connectivity index (χ0) is 11.1. The van der Waals surface area contributed by atoms with Gasteiger partial charge in [-0.25, -0.2) is 0 Å². The fraction of sp³-hybridized carbons (Fsp3) is 0.923. The third kappa shape index (κ3) is 1.58. The number of hydrogen-bond acceptors (Lipinski definition) is 2. The van der Waals surface area contributed by atoms with E-state index in [0.29, 0.717) is 5.92 Å². The molecule has 0 aromatic rings. The molecule has 0 aromatic carbocycles. The molecular formula is C13H21NO. The number of rotatable bonds is 1. The van der Waals surface area contributed by atoms with Crippen molar-refractivity contribution in [1.29, 1.82) is 5.26 Å². The van der Waals surface area contributed by atoms with E-state index in [1.807, 2.05) is 0 Å². The molecule has 1 N–H and O–H groups in total. The maximum atomic E-state index is 10.5. The summed E-state index contributed by atoms with van der Waals surface area (Å²) in [7, 11) is 0. The quantitative estimate of drug-likeness (QED) is 0.718. The summed E-state index contributed by atoms with van der Waals surface area (Å²) < 4.78 is 0. The number of aliphatic hydroxyl groups is 1. The minimum atomic E-state index is -0.665. The van der Waals surface area contributed by atoms with Crippen LogP contribution in [0.1, 0.15) is 52.4 Å². The molecule has 0 saturated heterocycles. The van der Waals surface area contributed by atoms with Gasteiger partial charge in [0.05, 0.1) is 17.1 Å². The molecule has 2 heteroatoms. The van der Waals surface area contributed by atoms with Crippen LogP contribution in [0.4, 0.5) is 0 Å². The average molecular weight is 207 g/mol. The summed E-state index contributed by atoms with van der Waals surface area (Å²) >= 11 is 0. The van der Waals surface area contributed by atoms with Crippen LogP contribution in [0.5, 0.6) is 0 Å². The Morgan fingerprint density at radius 3 is 2.07 bits per heavy atom. The van der Waals surface area contributed by atoms with Gasteiger partial charge in [-0.05, 0) is 50.4 Å². The van der Waals surface area contributed by atoms with Crippen LogP contribution in [0, 0.1) is 28.6 Å². The van der Waals surface area contributed by atoms with Crippen molar-refractivity contribution in [3.63, 3.8) is 0 Å². The fourth-order valence-corrected chi connectivity index (χ4v) is 3.42. The van der Waals surface area contributed by atoms with Crippen LogP contribution in [0.15, 0.2) is 0 Å². The third-order valence-electron chi connectivity index (χ3n) is 4.60. The first kappa shape index (κ1) is 11.0. The first-order chi connectivity index (χ1) is 7.01. The second-order valence-corrected chi connectivity index (χ2v) is 5.92. The predicted octanol–water partition coefficient (Wildman–Crippen LogP) is 2.87. The van der Waals surface area contributed by atoms with Crippen molar-refractivity contribution in [2.24, 2.45) is 17.3 Å².